The second-order valence-electron chi connectivity index (χ2n) is 3.60. The lowest BCUT2D eigenvalue weighted by Gasteiger charge is -2.27. The number of Topliss-reactive ketones (excluding diaryl/α,β-unsaturated/α-hetero) is 1. The lowest BCUT2D eigenvalue weighted by atomic mass is 9.85. The molecule has 5 nitrogen and oxygen atoms in total. The van der Waals surface area contributed by atoms with Gasteiger partial charge in [0.2, 0.25) is 0 Å². The molecule has 6 heteroatoms. The molecule has 0 aliphatic heterocycles. The minimum Gasteiger partial charge on any atom is -0.300 e. The molecule has 0 heterocycles. The minimum atomic E-state index is -3.94. The number of rotatable bonds is 3. The van der Waals surface area contributed by atoms with Crippen LogP contribution in [-0.4, -0.2) is 20.3 Å². The van der Waals surface area contributed by atoms with E-state index in [0.717, 1.165) is 0 Å². The Morgan fingerprint density at radius 1 is 1.53 bits per heavy atom. The van der Waals surface area contributed by atoms with Crippen LogP contribution in [0.25, 0.3) is 0 Å². The van der Waals surface area contributed by atoms with Gasteiger partial charge in [-0.05, 0) is 13.3 Å². The first-order valence-corrected chi connectivity index (χ1v) is 6.25. The summed E-state index contributed by atoms with van der Waals surface area (Å²) >= 11 is 0. The average Bonchev–Trinajstić information content (AvgIpc) is 2.08. The van der Waals surface area contributed by atoms with Gasteiger partial charge < -0.3 is 0 Å². The summed E-state index contributed by atoms with van der Waals surface area (Å²) in [5.74, 6) is -0.0538. The van der Waals surface area contributed by atoms with Crippen LogP contribution in [0.3, 0.4) is 0 Å². The molecule has 0 amide bonds. The molecule has 86 valence electrons. The van der Waals surface area contributed by atoms with Crippen LogP contribution in [0.5, 0.6) is 0 Å². The Kier molecular flexibility index (Phi) is 4.01. The Labute approximate surface area is 89.5 Å². The van der Waals surface area contributed by atoms with Crippen LogP contribution in [0.1, 0.15) is 26.2 Å². The Balaban J connectivity index is 2.73. The molecule has 2 N–H and O–H groups in total. The second kappa shape index (κ2) is 4.87. The highest BCUT2D eigenvalue weighted by Gasteiger charge is 2.30. The maximum absolute atomic E-state index is 11.2. The van der Waals surface area contributed by atoms with E-state index >= 15 is 0 Å². The Bertz CT molecular complexity index is 360. The average molecular weight is 233 g/mol. The largest absolute Gasteiger partial charge is 0.333 e. The minimum absolute atomic E-state index is 0.132. The van der Waals surface area contributed by atoms with Crippen molar-refractivity contribution in [2.75, 3.05) is 0 Å². The van der Waals surface area contributed by atoms with Crippen molar-refractivity contribution in [3.8, 4) is 0 Å². The highest BCUT2D eigenvalue weighted by Crippen LogP contribution is 2.26. The van der Waals surface area contributed by atoms with Crippen molar-refractivity contribution in [3.05, 3.63) is 12.2 Å². The molecule has 15 heavy (non-hydrogen) atoms. The highest BCUT2D eigenvalue weighted by atomic mass is 32.2. The molecule has 0 aromatic heterocycles. The summed E-state index contributed by atoms with van der Waals surface area (Å²) in [4.78, 5) is 11.2. The summed E-state index contributed by atoms with van der Waals surface area (Å²) < 4.78 is 26.3. The van der Waals surface area contributed by atoms with E-state index in [9.17, 15) is 13.2 Å². The molecule has 1 aliphatic carbocycles. The molecule has 1 saturated carbocycles. The van der Waals surface area contributed by atoms with Crippen LogP contribution in [0.2, 0.25) is 0 Å². The van der Waals surface area contributed by atoms with E-state index in [4.69, 9.17) is 9.32 Å². The van der Waals surface area contributed by atoms with E-state index in [2.05, 4.69) is 0 Å². The van der Waals surface area contributed by atoms with Crippen LogP contribution >= 0.6 is 0 Å². The van der Waals surface area contributed by atoms with Crippen molar-refractivity contribution in [3.63, 3.8) is 0 Å². The van der Waals surface area contributed by atoms with E-state index in [0.29, 0.717) is 19.3 Å². The molecule has 0 spiro atoms. The molecule has 0 unspecified atom stereocenters. The van der Waals surface area contributed by atoms with Gasteiger partial charge in [-0.25, -0.2) is 5.14 Å². The fraction of sp³-hybridized carbons (Fsp3) is 0.667. The van der Waals surface area contributed by atoms with Crippen LogP contribution < -0.4 is 5.14 Å². The molecule has 1 aliphatic rings. The molecular formula is C9H15NO4S. The number of hydrogen-bond donors (Lipinski definition) is 1. The number of allylic oxidation sites excluding steroid dienone is 1. The van der Waals surface area contributed by atoms with Gasteiger partial charge in [0.25, 0.3) is 0 Å². The first kappa shape index (κ1) is 12.4. The lowest BCUT2D eigenvalue weighted by Crippen LogP contribution is -2.34. The quantitative estimate of drug-likeness (QED) is 0.720. The summed E-state index contributed by atoms with van der Waals surface area (Å²) in [7, 11) is -3.94. The SMILES string of the molecule is C/C=C\[C@H]1CC(=O)CC[C@@H]1OS(N)(=O)=O. The summed E-state index contributed by atoms with van der Waals surface area (Å²) in [5.41, 5.74) is 0. The van der Waals surface area contributed by atoms with Crippen molar-refractivity contribution in [1.29, 1.82) is 0 Å². The third kappa shape index (κ3) is 4.11. The standard InChI is InChI=1S/C9H15NO4S/c1-2-3-7-6-8(11)4-5-9(7)14-15(10,12)13/h2-3,7,9H,4-6H2,1H3,(H2,10,12,13)/b3-2-/t7-,9-/m0/s1. The molecule has 1 fully saturated rings. The molecule has 2 atom stereocenters. The van der Waals surface area contributed by atoms with Gasteiger partial charge >= 0.3 is 10.3 Å². The summed E-state index contributed by atoms with van der Waals surface area (Å²) in [6, 6.07) is 0. The Hall–Kier alpha value is -0.720. The van der Waals surface area contributed by atoms with Gasteiger partial charge in [-0.15, -0.1) is 0 Å². The van der Waals surface area contributed by atoms with Crippen molar-refractivity contribution in [2.24, 2.45) is 11.1 Å². The van der Waals surface area contributed by atoms with Gasteiger partial charge in [-0.2, -0.15) is 8.42 Å². The predicted molar refractivity (Wildman–Crippen MR) is 55.1 cm³/mol. The first-order valence-electron chi connectivity index (χ1n) is 4.78. The smallest absolute Gasteiger partial charge is 0.300 e. The number of hydrogen-bond acceptors (Lipinski definition) is 4. The van der Waals surface area contributed by atoms with Gasteiger partial charge in [0, 0.05) is 18.8 Å². The first-order chi connectivity index (χ1) is 6.92. The van der Waals surface area contributed by atoms with E-state index < -0.39 is 16.4 Å². The van der Waals surface area contributed by atoms with Crippen LogP contribution in [0.4, 0.5) is 0 Å². The summed E-state index contributed by atoms with van der Waals surface area (Å²) in [5, 5.41) is 4.80. The van der Waals surface area contributed by atoms with Gasteiger partial charge in [0.1, 0.15) is 5.78 Å². The Morgan fingerprint density at radius 3 is 2.73 bits per heavy atom. The molecular weight excluding hydrogens is 218 g/mol. The monoisotopic (exact) mass is 233 g/mol. The molecule has 0 saturated heterocycles. The fourth-order valence-corrected chi connectivity index (χ4v) is 2.33. The van der Waals surface area contributed by atoms with Crippen molar-refractivity contribution in [2.45, 2.75) is 32.3 Å². The van der Waals surface area contributed by atoms with E-state index in [1.165, 1.54) is 0 Å². The number of ketones is 1. The normalized spacial score (nSPS) is 28.5. The second-order valence-corrected chi connectivity index (χ2v) is 4.78. The van der Waals surface area contributed by atoms with Crippen LogP contribution in [-0.2, 0) is 19.3 Å². The predicted octanol–water partition coefficient (Wildman–Crippen LogP) is 0.520. The summed E-state index contributed by atoms with van der Waals surface area (Å²) in [6.45, 7) is 1.81. The lowest BCUT2D eigenvalue weighted by molar-refractivity contribution is -0.122. The van der Waals surface area contributed by atoms with Gasteiger partial charge in [0.15, 0.2) is 0 Å². The summed E-state index contributed by atoms with van der Waals surface area (Å²) in [6.07, 6.45) is 4.15. The third-order valence-corrected chi connectivity index (χ3v) is 2.86. The van der Waals surface area contributed by atoms with Gasteiger partial charge in [-0.1, -0.05) is 12.2 Å². The zero-order chi connectivity index (χ0) is 11.5. The molecule has 0 aromatic carbocycles. The number of nitrogens with two attached hydrogens (primary N) is 1. The molecule has 0 aromatic rings. The Morgan fingerprint density at radius 2 is 2.20 bits per heavy atom. The maximum Gasteiger partial charge on any atom is 0.333 e. The van der Waals surface area contributed by atoms with E-state index in [1.807, 2.05) is 6.92 Å². The highest BCUT2D eigenvalue weighted by molar-refractivity contribution is 7.84. The van der Waals surface area contributed by atoms with Crippen LogP contribution in [0.15, 0.2) is 12.2 Å². The van der Waals surface area contributed by atoms with E-state index in [-0.39, 0.29) is 11.7 Å². The van der Waals surface area contributed by atoms with Crippen LogP contribution in [0, 0.1) is 5.92 Å². The zero-order valence-electron chi connectivity index (χ0n) is 8.55. The van der Waals surface area contributed by atoms with Gasteiger partial charge in [0.05, 0.1) is 6.10 Å². The van der Waals surface area contributed by atoms with Crippen molar-refractivity contribution < 1.29 is 17.4 Å². The number of carbonyl (C=O) groups excluding carboxylic acids is 1. The molecule has 0 bridgehead atoms. The zero-order valence-corrected chi connectivity index (χ0v) is 9.37. The third-order valence-electron chi connectivity index (χ3n) is 2.35. The molecule has 0 radical (unpaired) electrons. The van der Waals surface area contributed by atoms with E-state index in [1.54, 1.807) is 12.2 Å². The number of carbonyl (C=O) groups is 1. The van der Waals surface area contributed by atoms with Crippen molar-refractivity contribution in [1.82, 2.24) is 0 Å². The maximum atomic E-state index is 11.2. The fourth-order valence-electron chi connectivity index (χ4n) is 1.74. The molecule has 1 rings (SSSR count). The van der Waals surface area contributed by atoms with Crippen molar-refractivity contribution >= 4 is 16.1 Å². The van der Waals surface area contributed by atoms with Gasteiger partial charge in [-0.3, -0.25) is 8.98 Å². The topological polar surface area (TPSA) is 86.5 Å².